The van der Waals surface area contributed by atoms with E-state index in [9.17, 15) is 27.6 Å². The SMILES string of the molecule is CCOCCc1ccc(N2C(=O)C(=O)C(C(=O)c3ccc(C(C)C)cc3)C2c2ccc(OC(F)(F)F)cc2)nn1. The molecule has 3 aromatic rings. The number of anilines is 1. The molecule has 2 atom stereocenters. The molecule has 1 saturated heterocycles. The van der Waals surface area contributed by atoms with E-state index in [0.717, 1.165) is 22.6 Å². The molecule has 0 radical (unpaired) electrons. The molecule has 1 fully saturated rings. The van der Waals surface area contributed by atoms with E-state index in [4.69, 9.17) is 4.74 Å². The summed E-state index contributed by atoms with van der Waals surface area (Å²) in [6.07, 6.45) is -4.42. The van der Waals surface area contributed by atoms with Crippen molar-refractivity contribution in [2.24, 2.45) is 5.92 Å². The number of benzene rings is 2. The lowest BCUT2D eigenvalue weighted by atomic mass is 9.86. The number of ketones is 2. The first-order chi connectivity index (χ1) is 19.0. The van der Waals surface area contributed by atoms with Crippen molar-refractivity contribution >= 4 is 23.3 Å². The molecule has 210 valence electrons. The van der Waals surface area contributed by atoms with E-state index in [1.807, 2.05) is 20.8 Å². The number of aromatic nitrogens is 2. The van der Waals surface area contributed by atoms with Gasteiger partial charge in [0, 0.05) is 18.6 Å². The van der Waals surface area contributed by atoms with Gasteiger partial charge in [0.15, 0.2) is 11.6 Å². The number of nitrogens with zero attached hydrogens (tertiary/aromatic N) is 3. The number of carbonyl (C=O) groups is 3. The number of ether oxygens (including phenoxy) is 2. The van der Waals surface area contributed by atoms with Crippen molar-refractivity contribution in [3.05, 3.63) is 83.0 Å². The number of Topliss-reactive ketones (excluding diaryl/α,β-unsaturated/α-hetero) is 2. The second-order valence-corrected chi connectivity index (χ2v) is 9.55. The first kappa shape index (κ1) is 28.9. The molecule has 1 aromatic heterocycles. The molecule has 40 heavy (non-hydrogen) atoms. The van der Waals surface area contributed by atoms with Gasteiger partial charge in [0.25, 0.3) is 5.91 Å². The lowest BCUT2D eigenvalue weighted by Crippen LogP contribution is -2.31. The second kappa shape index (κ2) is 12.0. The first-order valence-corrected chi connectivity index (χ1v) is 12.8. The Morgan fingerprint density at radius 1 is 0.975 bits per heavy atom. The minimum atomic E-state index is -4.90. The van der Waals surface area contributed by atoms with Crippen LogP contribution in [0.15, 0.2) is 60.7 Å². The van der Waals surface area contributed by atoms with Crippen molar-refractivity contribution in [1.29, 1.82) is 0 Å². The Balaban J connectivity index is 1.73. The van der Waals surface area contributed by atoms with E-state index < -0.39 is 41.5 Å². The van der Waals surface area contributed by atoms with Crippen molar-refractivity contribution in [1.82, 2.24) is 10.2 Å². The molecular formula is C29H28F3N3O5. The maximum Gasteiger partial charge on any atom is 0.573 e. The van der Waals surface area contributed by atoms with E-state index in [2.05, 4.69) is 14.9 Å². The molecule has 0 N–H and O–H groups in total. The third kappa shape index (κ3) is 6.36. The van der Waals surface area contributed by atoms with Crippen molar-refractivity contribution in [2.45, 2.75) is 45.5 Å². The van der Waals surface area contributed by atoms with E-state index in [0.29, 0.717) is 25.3 Å². The zero-order chi connectivity index (χ0) is 29.0. The first-order valence-electron chi connectivity index (χ1n) is 12.8. The van der Waals surface area contributed by atoms with Crippen LogP contribution in [0.1, 0.15) is 59.9 Å². The largest absolute Gasteiger partial charge is 0.573 e. The number of hydrogen-bond acceptors (Lipinski definition) is 7. The van der Waals surface area contributed by atoms with Crippen LogP contribution in [0.2, 0.25) is 0 Å². The van der Waals surface area contributed by atoms with Crippen molar-refractivity contribution in [2.75, 3.05) is 18.1 Å². The maximum absolute atomic E-state index is 13.7. The average Bonchev–Trinajstić information content (AvgIpc) is 3.18. The lowest BCUT2D eigenvalue weighted by Gasteiger charge is -2.26. The van der Waals surface area contributed by atoms with Gasteiger partial charge < -0.3 is 9.47 Å². The van der Waals surface area contributed by atoms with Crippen molar-refractivity contribution < 1.29 is 37.0 Å². The predicted molar refractivity (Wildman–Crippen MR) is 139 cm³/mol. The van der Waals surface area contributed by atoms with Crippen LogP contribution in [-0.4, -0.2) is 47.2 Å². The molecule has 1 aliphatic heterocycles. The normalized spacial score (nSPS) is 17.5. The lowest BCUT2D eigenvalue weighted by molar-refractivity contribution is -0.274. The molecule has 0 saturated carbocycles. The number of amides is 1. The van der Waals surface area contributed by atoms with Crippen molar-refractivity contribution in [3.63, 3.8) is 0 Å². The van der Waals surface area contributed by atoms with Crippen LogP contribution in [0, 0.1) is 5.92 Å². The summed E-state index contributed by atoms with van der Waals surface area (Å²) < 4.78 is 47.4. The van der Waals surface area contributed by atoms with Gasteiger partial charge in [-0.05, 0) is 48.2 Å². The summed E-state index contributed by atoms with van der Waals surface area (Å²) in [5.41, 5.74) is 2.08. The van der Waals surface area contributed by atoms with Gasteiger partial charge in [0.2, 0.25) is 5.78 Å². The van der Waals surface area contributed by atoms with E-state index >= 15 is 0 Å². The molecule has 1 amide bonds. The van der Waals surface area contributed by atoms with Crippen LogP contribution in [0.25, 0.3) is 0 Å². The number of halogens is 3. The van der Waals surface area contributed by atoms with Crippen LogP contribution in [-0.2, 0) is 20.7 Å². The zero-order valence-electron chi connectivity index (χ0n) is 22.1. The van der Waals surface area contributed by atoms with Gasteiger partial charge in [0.05, 0.1) is 18.3 Å². The fourth-order valence-electron chi connectivity index (χ4n) is 4.54. The molecule has 1 aliphatic rings. The average molecular weight is 556 g/mol. The molecule has 2 heterocycles. The van der Waals surface area contributed by atoms with Gasteiger partial charge in [0.1, 0.15) is 11.7 Å². The highest BCUT2D eigenvalue weighted by Crippen LogP contribution is 2.41. The smallest absolute Gasteiger partial charge is 0.406 e. The fraction of sp³-hybridized carbons (Fsp3) is 0.345. The summed E-state index contributed by atoms with van der Waals surface area (Å²) >= 11 is 0. The number of carbonyl (C=O) groups excluding carboxylic acids is 3. The highest BCUT2D eigenvalue weighted by Gasteiger charge is 2.53. The summed E-state index contributed by atoms with van der Waals surface area (Å²) in [6.45, 7) is 6.83. The van der Waals surface area contributed by atoms with E-state index in [-0.39, 0.29) is 22.9 Å². The second-order valence-electron chi connectivity index (χ2n) is 9.55. The summed E-state index contributed by atoms with van der Waals surface area (Å²) in [5.74, 6) is -4.18. The molecule has 2 unspecified atom stereocenters. The molecule has 0 spiro atoms. The van der Waals surface area contributed by atoms with Gasteiger partial charge in [-0.1, -0.05) is 50.2 Å². The molecule has 4 rings (SSSR count). The van der Waals surface area contributed by atoms with Gasteiger partial charge in [-0.2, -0.15) is 5.10 Å². The Hall–Kier alpha value is -4.12. The summed E-state index contributed by atoms with van der Waals surface area (Å²) in [6, 6.07) is 13.4. The van der Waals surface area contributed by atoms with Crippen LogP contribution < -0.4 is 9.64 Å². The molecule has 0 bridgehead atoms. The molecule has 11 heteroatoms. The predicted octanol–water partition coefficient (Wildman–Crippen LogP) is 5.23. The number of alkyl halides is 3. The van der Waals surface area contributed by atoms with Crippen LogP contribution in [0.4, 0.5) is 19.0 Å². The van der Waals surface area contributed by atoms with Gasteiger partial charge in [-0.15, -0.1) is 18.3 Å². The Morgan fingerprint density at radius 3 is 2.20 bits per heavy atom. The summed E-state index contributed by atoms with van der Waals surface area (Å²) in [7, 11) is 0. The quantitative estimate of drug-likeness (QED) is 0.146. The van der Waals surface area contributed by atoms with Gasteiger partial charge in [-0.25, -0.2) is 0 Å². The fourth-order valence-corrected chi connectivity index (χ4v) is 4.54. The monoisotopic (exact) mass is 555 g/mol. The minimum absolute atomic E-state index is 0.0320. The number of hydrogen-bond donors (Lipinski definition) is 0. The highest BCUT2D eigenvalue weighted by molar-refractivity contribution is 6.48. The third-order valence-electron chi connectivity index (χ3n) is 6.56. The molecule has 0 aliphatic carbocycles. The number of rotatable bonds is 10. The van der Waals surface area contributed by atoms with Gasteiger partial charge >= 0.3 is 6.36 Å². The topological polar surface area (TPSA) is 98.7 Å². The Labute approximate surface area is 229 Å². The summed E-state index contributed by atoms with van der Waals surface area (Å²) in [5, 5.41) is 8.25. The van der Waals surface area contributed by atoms with Crippen LogP contribution >= 0.6 is 0 Å². The van der Waals surface area contributed by atoms with E-state index in [1.54, 1.807) is 30.3 Å². The van der Waals surface area contributed by atoms with Crippen LogP contribution in [0.3, 0.4) is 0 Å². The molecule has 2 aromatic carbocycles. The Bertz CT molecular complexity index is 1360. The Morgan fingerprint density at radius 2 is 1.65 bits per heavy atom. The minimum Gasteiger partial charge on any atom is -0.406 e. The zero-order valence-corrected chi connectivity index (χ0v) is 22.1. The standard InChI is InChI=1S/C29H28F3N3O5/c1-4-39-16-15-21-11-14-23(34-33-21)35-25(19-9-12-22(13-10-19)40-29(30,31)32)24(27(37)28(35)38)26(36)20-7-5-18(6-8-20)17(2)3/h5-14,17,24-25H,4,15-16H2,1-3H3. The van der Waals surface area contributed by atoms with Crippen molar-refractivity contribution in [3.8, 4) is 5.75 Å². The Kier molecular flexibility index (Phi) is 8.63. The van der Waals surface area contributed by atoms with E-state index in [1.165, 1.54) is 18.2 Å². The molecule has 8 nitrogen and oxygen atoms in total. The van der Waals surface area contributed by atoms with Crippen LogP contribution in [0.5, 0.6) is 5.75 Å². The third-order valence-corrected chi connectivity index (χ3v) is 6.56. The maximum atomic E-state index is 13.7. The summed E-state index contributed by atoms with van der Waals surface area (Å²) in [4.78, 5) is 41.4. The molecular weight excluding hydrogens is 527 g/mol. The van der Waals surface area contributed by atoms with Gasteiger partial charge in [-0.3, -0.25) is 19.3 Å². The highest BCUT2D eigenvalue weighted by atomic mass is 19.4.